The number of ether oxygens (including phenoxy) is 1. The molecule has 1 aromatic heterocycles. The maximum atomic E-state index is 12.4. The van der Waals surface area contributed by atoms with Crippen molar-refractivity contribution in [3.63, 3.8) is 0 Å². The average Bonchev–Trinajstić information content (AvgIpc) is 2.75. The Labute approximate surface area is 143 Å². The minimum atomic E-state index is 0.0733. The fourth-order valence-corrected chi connectivity index (χ4v) is 3.40. The molecule has 1 saturated heterocycles. The number of aryl methyl sites for hydroxylation is 3. The van der Waals surface area contributed by atoms with Gasteiger partial charge in [0.1, 0.15) is 0 Å². The zero-order chi connectivity index (χ0) is 17.1. The van der Waals surface area contributed by atoms with E-state index in [4.69, 9.17) is 4.74 Å². The van der Waals surface area contributed by atoms with Crippen molar-refractivity contribution in [3.05, 3.63) is 34.5 Å². The molecule has 5 nitrogen and oxygen atoms in total. The fraction of sp³-hybridized carbons (Fsp3) is 0.526. The highest BCUT2D eigenvalue weighted by molar-refractivity contribution is 5.93. The Morgan fingerprint density at radius 2 is 2.08 bits per heavy atom. The molecule has 1 aliphatic heterocycles. The number of carbonyl (C=O) groups excluding carboxylic acids is 1. The van der Waals surface area contributed by atoms with Gasteiger partial charge in [-0.1, -0.05) is 12.1 Å². The summed E-state index contributed by atoms with van der Waals surface area (Å²) in [5, 5.41) is 7.60. The maximum Gasteiger partial charge on any atom is 0.224 e. The van der Waals surface area contributed by atoms with Gasteiger partial charge in [-0.05, 0) is 37.5 Å². The summed E-state index contributed by atoms with van der Waals surface area (Å²) in [5.41, 5.74) is 5.77. The van der Waals surface area contributed by atoms with Crippen LogP contribution in [0, 0.1) is 26.7 Å². The smallest absolute Gasteiger partial charge is 0.224 e. The molecule has 130 valence electrons. The van der Waals surface area contributed by atoms with E-state index in [1.165, 1.54) is 16.5 Å². The van der Waals surface area contributed by atoms with Gasteiger partial charge in [0.05, 0.1) is 19.6 Å². The molecule has 0 aliphatic carbocycles. The second-order valence-electron chi connectivity index (χ2n) is 6.80. The van der Waals surface area contributed by atoms with E-state index in [2.05, 4.69) is 41.6 Å². The van der Waals surface area contributed by atoms with Gasteiger partial charge in [-0.15, -0.1) is 0 Å². The number of hydrogen-bond acceptors (Lipinski definition) is 3. The molecule has 2 heterocycles. The van der Waals surface area contributed by atoms with Gasteiger partial charge in [-0.25, -0.2) is 0 Å². The maximum absolute atomic E-state index is 12.4. The lowest BCUT2D eigenvalue weighted by Gasteiger charge is -2.14. The molecule has 1 fully saturated rings. The number of nitrogens with one attached hydrogen (secondary N) is 3. The van der Waals surface area contributed by atoms with Gasteiger partial charge in [0, 0.05) is 42.1 Å². The Hall–Kier alpha value is -1.85. The lowest BCUT2D eigenvalue weighted by Crippen LogP contribution is -2.35. The van der Waals surface area contributed by atoms with E-state index < -0.39 is 0 Å². The SMILES string of the molecule is Cc1[nH]c2c(C)ccc(C)c2c1CC(=O)NC[C@@H]1CNCCOC1. The number of carbonyl (C=O) groups is 1. The molecular formula is C19H27N3O2. The number of fused-ring (bicyclic) bond motifs is 1. The van der Waals surface area contributed by atoms with E-state index in [1.54, 1.807) is 0 Å². The topological polar surface area (TPSA) is 66.2 Å². The van der Waals surface area contributed by atoms with E-state index in [1.807, 2.05) is 6.92 Å². The summed E-state index contributed by atoms with van der Waals surface area (Å²) in [7, 11) is 0. The van der Waals surface area contributed by atoms with Crippen LogP contribution in [-0.4, -0.2) is 43.7 Å². The van der Waals surface area contributed by atoms with E-state index in [9.17, 15) is 4.79 Å². The van der Waals surface area contributed by atoms with Crippen LogP contribution in [0.5, 0.6) is 0 Å². The third-order valence-corrected chi connectivity index (χ3v) is 4.82. The highest BCUT2D eigenvalue weighted by Crippen LogP contribution is 2.28. The molecule has 0 spiro atoms. The first kappa shape index (κ1) is 17.0. The van der Waals surface area contributed by atoms with Gasteiger partial charge in [0.15, 0.2) is 0 Å². The number of hydrogen-bond donors (Lipinski definition) is 3. The Morgan fingerprint density at radius 1 is 1.29 bits per heavy atom. The molecule has 3 N–H and O–H groups in total. The van der Waals surface area contributed by atoms with Gasteiger partial charge >= 0.3 is 0 Å². The van der Waals surface area contributed by atoms with Gasteiger partial charge in [-0.2, -0.15) is 0 Å². The summed E-state index contributed by atoms with van der Waals surface area (Å²) in [5.74, 6) is 0.411. The second kappa shape index (κ2) is 7.36. The number of benzene rings is 1. The molecular weight excluding hydrogens is 302 g/mol. The molecule has 0 unspecified atom stereocenters. The van der Waals surface area contributed by atoms with Crippen molar-refractivity contribution in [2.75, 3.05) is 32.8 Å². The van der Waals surface area contributed by atoms with E-state index in [0.717, 1.165) is 36.5 Å². The quantitative estimate of drug-likeness (QED) is 0.804. The lowest BCUT2D eigenvalue weighted by molar-refractivity contribution is -0.120. The molecule has 2 aromatic rings. The van der Waals surface area contributed by atoms with Crippen LogP contribution < -0.4 is 10.6 Å². The predicted molar refractivity (Wildman–Crippen MR) is 96.4 cm³/mol. The number of aromatic nitrogens is 1. The molecule has 0 bridgehead atoms. The highest BCUT2D eigenvalue weighted by Gasteiger charge is 2.17. The van der Waals surface area contributed by atoms with Crippen LogP contribution in [0.1, 0.15) is 22.4 Å². The molecule has 0 saturated carbocycles. The molecule has 3 rings (SSSR count). The van der Waals surface area contributed by atoms with Crippen LogP contribution in [0.2, 0.25) is 0 Å². The van der Waals surface area contributed by atoms with Crippen LogP contribution in [0.3, 0.4) is 0 Å². The molecule has 24 heavy (non-hydrogen) atoms. The molecule has 0 radical (unpaired) electrons. The minimum Gasteiger partial charge on any atom is -0.380 e. The van der Waals surface area contributed by atoms with Crippen molar-refractivity contribution in [3.8, 4) is 0 Å². The predicted octanol–water partition coefficient (Wildman–Crippen LogP) is 1.99. The van der Waals surface area contributed by atoms with Gasteiger partial charge in [0.25, 0.3) is 0 Å². The summed E-state index contributed by atoms with van der Waals surface area (Å²) in [6.07, 6.45) is 0.414. The van der Waals surface area contributed by atoms with Crippen LogP contribution in [0.4, 0.5) is 0 Å². The lowest BCUT2D eigenvalue weighted by atomic mass is 10.0. The van der Waals surface area contributed by atoms with Gasteiger partial charge in [-0.3, -0.25) is 4.79 Å². The number of amides is 1. The van der Waals surface area contributed by atoms with Gasteiger partial charge in [0.2, 0.25) is 5.91 Å². The minimum absolute atomic E-state index is 0.0733. The summed E-state index contributed by atoms with van der Waals surface area (Å²) in [6.45, 7) is 10.1. The van der Waals surface area contributed by atoms with Crippen LogP contribution >= 0.6 is 0 Å². The van der Waals surface area contributed by atoms with Crippen molar-refractivity contribution in [2.24, 2.45) is 5.92 Å². The van der Waals surface area contributed by atoms with Crippen LogP contribution in [0.25, 0.3) is 10.9 Å². The zero-order valence-corrected chi connectivity index (χ0v) is 14.8. The third-order valence-electron chi connectivity index (χ3n) is 4.82. The Balaban J connectivity index is 1.69. The van der Waals surface area contributed by atoms with Crippen molar-refractivity contribution in [1.29, 1.82) is 0 Å². The largest absolute Gasteiger partial charge is 0.380 e. The number of rotatable bonds is 4. The Morgan fingerprint density at radius 3 is 2.92 bits per heavy atom. The average molecular weight is 329 g/mol. The van der Waals surface area contributed by atoms with Crippen molar-refractivity contribution in [1.82, 2.24) is 15.6 Å². The molecule has 1 aliphatic rings. The number of H-pyrrole nitrogens is 1. The summed E-state index contributed by atoms with van der Waals surface area (Å²) < 4.78 is 5.53. The molecule has 1 amide bonds. The summed E-state index contributed by atoms with van der Waals surface area (Å²) in [6, 6.07) is 4.25. The van der Waals surface area contributed by atoms with E-state index in [-0.39, 0.29) is 5.91 Å². The Bertz CT molecular complexity index is 728. The second-order valence-corrected chi connectivity index (χ2v) is 6.80. The Kier molecular flexibility index (Phi) is 5.21. The first-order valence-corrected chi connectivity index (χ1v) is 8.68. The summed E-state index contributed by atoms with van der Waals surface area (Å²) in [4.78, 5) is 15.9. The van der Waals surface area contributed by atoms with Crippen molar-refractivity contribution < 1.29 is 9.53 Å². The molecule has 1 atom stereocenters. The zero-order valence-electron chi connectivity index (χ0n) is 14.8. The third kappa shape index (κ3) is 3.62. The molecule has 5 heteroatoms. The highest BCUT2D eigenvalue weighted by atomic mass is 16.5. The van der Waals surface area contributed by atoms with Crippen LogP contribution in [-0.2, 0) is 16.0 Å². The van der Waals surface area contributed by atoms with Crippen molar-refractivity contribution >= 4 is 16.8 Å². The standard InChI is InChI=1S/C19H27N3O2/c1-12-4-5-13(2)19-18(12)16(14(3)22-19)8-17(23)21-10-15-9-20-6-7-24-11-15/h4-5,15,20,22H,6-11H2,1-3H3,(H,21,23)/t15-/m0/s1. The number of aromatic amines is 1. The van der Waals surface area contributed by atoms with Gasteiger partial charge < -0.3 is 20.4 Å². The molecule has 1 aromatic carbocycles. The summed E-state index contributed by atoms with van der Waals surface area (Å²) >= 11 is 0. The first-order chi connectivity index (χ1) is 11.6. The fourth-order valence-electron chi connectivity index (χ4n) is 3.40. The first-order valence-electron chi connectivity index (χ1n) is 8.68. The van der Waals surface area contributed by atoms with E-state index in [0.29, 0.717) is 25.5 Å². The normalized spacial score (nSPS) is 18.5. The monoisotopic (exact) mass is 329 g/mol. The van der Waals surface area contributed by atoms with Crippen LogP contribution in [0.15, 0.2) is 12.1 Å². The van der Waals surface area contributed by atoms with E-state index >= 15 is 0 Å². The van der Waals surface area contributed by atoms with Crippen molar-refractivity contribution in [2.45, 2.75) is 27.2 Å².